The van der Waals surface area contributed by atoms with E-state index < -0.39 is 0 Å². The zero-order chi connectivity index (χ0) is 12.7. The molecule has 0 saturated heterocycles. The third-order valence-corrected chi connectivity index (χ3v) is 3.60. The summed E-state index contributed by atoms with van der Waals surface area (Å²) in [5.74, 6) is 0.637. The number of halogens is 1. The van der Waals surface area contributed by atoms with E-state index in [1.807, 2.05) is 0 Å². The Morgan fingerprint density at radius 1 is 1.53 bits per heavy atom. The predicted octanol–water partition coefficient (Wildman–Crippen LogP) is 2.71. The summed E-state index contributed by atoms with van der Waals surface area (Å²) in [7, 11) is 3.37. The number of carbonyl (C=O) groups is 1. The van der Waals surface area contributed by atoms with Crippen molar-refractivity contribution in [1.29, 1.82) is 0 Å². The summed E-state index contributed by atoms with van der Waals surface area (Å²) in [5.41, 5.74) is 0. The van der Waals surface area contributed by atoms with E-state index >= 15 is 0 Å². The van der Waals surface area contributed by atoms with Gasteiger partial charge in [-0.3, -0.25) is 4.79 Å². The molecule has 17 heavy (non-hydrogen) atoms. The molecule has 1 heterocycles. The lowest BCUT2D eigenvalue weighted by atomic mass is 10.4. The Balaban J connectivity index is 2.35. The number of hydrogen-bond donors (Lipinski definition) is 0. The van der Waals surface area contributed by atoms with Crippen molar-refractivity contribution in [2.45, 2.75) is 18.0 Å². The van der Waals surface area contributed by atoms with Crippen LogP contribution in [0.2, 0.25) is 0 Å². The highest BCUT2D eigenvalue weighted by Crippen LogP contribution is 2.23. The monoisotopic (exact) mass is 295 g/mol. The first-order valence-corrected chi connectivity index (χ1v) is 7.17. The van der Waals surface area contributed by atoms with Crippen LogP contribution in [-0.4, -0.2) is 46.1 Å². The number of aromatic nitrogens is 2. The van der Waals surface area contributed by atoms with Crippen LogP contribution in [0, 0.1) is 0 Å². The summed E-state index contributed by atoms with van der Waals surface area (Å²) in [6.07, 6.45) is 1.81. The molecule has 0 radical (unpaired) electrons. The van der Waals surface area contributed by atoms with E-state index in [2.05, 4.69) is 9.36 Å². The predicted molar refractivity (Wildman–Crippen MR) is 70.3 cm³/mol. The molecule has 0 aliphatic carbocycles. The van der Waals surface area contributed by atoms with Gasteiger partial charge in [-0.2, -0.15) is 9.36 Å². The molecule has 0 unspecified atom stereocenters. The molecule has 8 heteroatoms. The molecule has 0 fully saturated rings. The molecule has 0 atom stereocenters. The zero-order valence-corrected chi connectivity index (χ0v) is 12.1. The summed E-state index contributed by atoms with van der Waals surface area (Å²) >= 11 is 7.69. The first kappa shape index (κ1) is 14.5. The normalized spacial score (nSPS) is 10.3. The minimum atomic E-state index is -0.100. The Hall–Kier alpha value is -0.530. The van der Waals surface area contributed by atoms with Crippen molar-refractivity contribution >= 4 is 40.1 Å². The van der Waals surface area contributed by atoms with Crippen LogP contribution < -0.4 is 4.74 Å². The molecular formula is C9H14ClN3O2S2. The molecule has 0 saturated carbocycles. The lowest BCUT2D eigenvalue weighted by Gasteiger charge is -2.06. The highest BCUT2D eigenvalue weighted by Gasteiger charge is 2.12. The van der Waals surface area contributed by atoms with Crippen LogP contribution in [0.25, 0.3) is 0 Å². The minimum Gasteiger partial charge on any atom is -0.469 e. The van der Waals surface area contributed by atoms with Gasteiger partial charge in [-0.1, -0.05) is 0 Å². The van der Waals surface area contributed by atoms with E-state index in [0.717, 1.165) is 36.1 Å². The molecule has 0 aliphatic heterocycles. The number of ether oxygens (including phenoxy) is 1. The number of nitrogens with zero attached hydrogens (tertiary/aromatic N) is 3. The van der Waals surface area contributed by atoms with Crippen LogP contribution in [0.4, 0.5) is 4.79 Å². The van der Waals surface area contributed by atoms with Gasteiger partial charge in [-0.25, -0.2) is 0 Å². The topological polar surface area (TPSA) is 55.3 Å². The Morgan fingerprint density at radius 2 is 2.29 bits per heavy atom. The van der Waals surface area contributed by atoms with Gasteiger partial charge in [0.05, 0.1) is 6.61 Å². The quantitative estimate of drug-likeness (QED) is 0.459. The maximum Gasteiger partial charge on any atom is 0.293 e. The third-order valence-electron chi connectivity index (χ3n) is 1.69. The summed E-state index contributed by atoms with van der Waals surface area (Å²) in [6, 6.07) is 0. The molecule has 0 aromatic carbocycles. The van der Waals surface area contributed by atoms with Gasteiger partial charge in [0.1, 0.15) is 0 Å². The lowest BCUT2D eigenvalue weighted by molar-refractivity contribution is 0.241. The van der Waals surface area contributed by atoms with E-state index in [9.17, 15) is 4.79 Å². The molecule has 1 aromatic rings. The number of alkyl halides is 1. The van der Waals surface area contributed by atoms with Crippen LogP contribution in [-0.2, 0) is 0 Å². The highest BCUT2D eigenvalue weighted by molar-refractivity contribution is 8.13. The van der Waals surface area contributed by atoms with Crippen molar-refractivity contribution in [2.24, 2.45) is 0 Å². The second kappa shape index (κ2) is 7.73. The van der Waals surface area contributed by atoms with E-state index in [-0.39, 0.29) is 5.24 Å². The van der Waals surface area contributed by atoms with Gasteiger partial charge in [0.25, 0.3) is 10.4 Å². The van der Waals surface area contributed by atoms with Gasteiger partial charge in [-0.15, -0.1) is 11.6 Å². The van der Waals surface area contributed by atoms with Gasteiger partial charge in [0, 0.05) is 43.3 Å². The van der Waals surface area contributed by atoms with Crippen molar-refractivity contribution in [3.8, 4) is 5.19 Å². The molecule has 0 N–H and O–H groups in total. The average molecular weight is 296 g/mol. The SMILES string of the molecule is CN(C)C(=O)Sc1nsc(OCCCCCl)n1. The number of unbranched alkanes of at least 4 members (excludes halogenated alkanes) is 1. The maximum absolute atomic E-state index is 11.4. The Morgan fingerprint density at radius 3 is 2.94 bits per heavy atom. The van der Waals surface area contributed by atoms with Crippen LogP contribution in [0.5, 0.6) is 5.19 Å². The van der Waals surface area contributed by atoms with Gasteiger partial charge in [-0.05, 0) is 12.8 Å². The molecule has 5 nitrogen and oxygen atoms in total. The summed E-state index contributed by atoms with van der Waals surface area (Å²) < 4.78 is 9.41. The minimum absolute atomic E-state index is 0.100. The fourth-order valence-electron chi connectivity index (χ4n) is 0.823. The molecule has 1 amide bonds. The van der Waals surface area contributed by atoms with Crippen molar-refractivity contribution in [2.75, 3.05) is 26.6 Å². The molecule has 96 valence electrons. The van der Waals surface area contributed by atoms with Gasteiger partial charge in [0.2, 0.25) is 5.16 Å². The number of carbonyl (C=O) groups excluding carboxylic acids is 1. The van der Waals surface area contributed by atoms with Crippen LogP contribution in [0.15, 0.2) is 5.16 Å². The summed E-state index contributed by atoms with van der Waals surface area (Å²) in [6.45, 7) is 0.577. The fraction of sp³-hybridized carbons (Fsp3) is 0.667. The Labute approximate surface area is 114 Å². The van der Waals surface area contributed by atoms with Crippen molar-refractivity contribution < 1.29 is 9.53 Å². The van der Waals surface area contributed by atoms with Gasteiger partial charge >= 0.3 is 0 Å². The molecular weight excluding hydrogens is 282 g/mol. The second-order valence-electron chi connectivity index (χ2n) is 3.35. The van der Waals surface area contributed by atoms with E-state index in [4.69, 9.17) is 16.3 Å². The second-order valence-corrected chi connectivity index (χ2v) is 5.36. The smallest absolute Gasteiger partial charge is 0.293 e. The Bertz CT molecular complexity index is 360. The van der Waals surface area contributed by atoms with Crippen LogP contribution in [0.1, 0.15) is 12.8 Å². The molecule has 1 aromatic heterocycles. The number of amides is 1. The maximum atomic E-state index is 11.4. The standard InChI is InChI=1S/C9H14ClN3O2S2/c1-13(2)9(14)16-7-11-8(17-12-7)15-6-4-3-5-10/h3-6H2,1-2H3. The first-order valence-electron chi connectivity index (χ1n) is 5.05. The first-order chi connectivity index (χ1) is 8.13. The van der Waals surface area contributed by atoms with Crippen LogP contribution in [0.3, 0.4) is 0 Å². The summed E-state index contributed by atoms with van der Waals surface area (Å²) in [5, 5.41) is 0.825. The van der Waals surface area contributed by atoms with Crippen molar-refractivity contribution in [3.05, 3.63) is 0 Å². The third kappa shape index (κ3) is 5.56. The molecule has 0 aliphatic rings. The Kier molecular flexibility index (Phi) is 6.61. The van der Waals surface area contributed by atoms with Crippen molar-refractivity contribution in [3.63, 3.8) is 0 Å². The van der Waals surface area contributed by atoms with E-state index in [1.165, 1.54) is 4.90 Å². The number of rotatable bonds is 6. The van der Waals surface area contributed by atoms with E-state index in [1.54, 1.807) is 14.1 Å². The number of hydrogen-bond acceptors (Lipinski definition) is 6. The van der Waals surface area contributed by atoms with E-state index in [0.29, 0.717) is 22.8 Å². The fourth-order valence-corrected chi connectivity index (χ4v) is 2.26. The molecule has 1 rings (SSSR count). The highest BCUT2D eigenvalue weighted by atomic mass is 35.5. The van der Waals surface area contributed by atoms with Crippen molar-refractivity contribution in [1.82, 2.24) is 14.3 Å². The van der Waals surface area contributed by atoms with Crippen LogP contribution >= 0.6 is 34.9 Å². The summed E-state index contributed by atoms with van der Waals surface area (Å²) in [4.78, 5) is 17.0. The molecule has 0 spiro atoms. The molecule has 0 bridgehead atoms. The average Bonchev–Trinajstić information content (AvgIpc) is 2.72. The largest absolute Gasteiger partial charge is 0.469 e. The lowest BCUT2D eigenvalue weighted by Crippen LogP contribution is -2.16. The number of thioether (sulfide) groups is 1. The van der Waals surface area contributed by atoms with Gasteiger partial charge < -0.3 is 9.64 Å². The van der Waals surface area contributed by atoms with Gasteiger partial charge in [0.15, 0.2) is 0 Å². The zero-order valence-electron chi connectivity index (χ0n) is 9.68.